The van der Waals surface area contributed by atoms with E-state index in [0.29, 0.717) is 10.7 Å². The summed E-state index contributed by atoms with van der Waals surface area (Å²) in [6, 6.07) is 14.8. The molecule has 0 aliphatic carbocycles. The third-order valence-corrected chi connectivity index (χ3v) is 3.71. The van der Waals surface area contributed by atoms with E-state index < -0.39 is 5.91 Å². The molecular weight excluding hydrogens is 312 g/mol. The number of carbonyl (C=O) groups excluding carboxylic acids is 1. The third-order valence-electron chi connectivity index (χ3n) is 3.41. The summed E-state index contributed by atoms with van der Waals surface area (Å²) < 4.78 is 0. The summed E-state index contributed by atoms with van der Waals surface area (Å²) in [6.07, 6.45) is 1.63. The summed E-state index contributed by atoms with van der Waals surface area (Å²) in [6.45, 7) is 0. The monoisotopic (exact) mass is 324 g/mol. The number of rotatable bonds is 2. The van der Waals surface area contributed by atoms with Crippen LogP contribution in [0, 0.1) is 0 Å². The lowest BCUT2D eigenvalue weighted by Gasteiger charge is -2.09. The summed E-state index contributed by atoms with van der Waals surface area (Å²) in [4.78, 5) is 19.7. The number of nitrogens with zero attached hydrogens (tertiary/aromatic N) is 2. The Kier molecular flexibility index (Phi) is 3.95. The number of carbonyl (C=O) groups is 1. The molecule has 6 heteroatoms. The number of fused-ring (bicyclic) bond motifs is 1. The fourth-order valence-corrected chi connectivity index (χ4v) is 2.63. The maximum Gasteiger partial charge on any atom is 0.280 e. The predicted octanol–water partition coefficient (Wildman–Crippen LogP) is 2.97. The van der Waals surface area contributed by atoms with Gasteiger partial charge in [0.2, 0.25) is 0 Å². The lowest BCUT2D eigenvalue weighted by Crippen LogP contribution is -2.24. The quantitative estimate of drug-likeness (QED) is 0.430. The Hall–Kier alpha value is -2.92. The number of guanidine groups is 1. The van der Waals surface area contributed by atoms with Crippen LogP contribution < -0.4 is 11.5 Å². The molecule has 0 unspecified atom stereocenters. The van der Waals surface area contributed by atoms with E-state index in [1.165, 1.54) is 0 Å². The van der Waals surface area contributed by atoms with Crippen molar-refractivity contribution >= 4 is 34.2 Å². The van der Waals surface area contributed by atoms with Crippen LogP contribution in [0.2, 0.25) is 5.15 Å². The van der Waals surface area contributed by atoms with Crippen LogP contribution in [-0.2, 0) is 0 Å². The van der Waals surface area contributed by atoms with Crippen molar-refractivity contribution < 1.29 is 4.79 Å². The summed E-state index contributed by atoms with van der Waals surface area (Å²) in [5, 5.41) is 2.25. The molecular formula is C17H13ClN4O. The van der Waals surface area contributed by atoms with Crippen molar-refractivity contribution in [2.45, 2.75) is 0 Å². The molecule has 1 amide bonds. The van der Waals surface area contributed by atoms with Gasteiger partial charge in [0.05, 0.1) is 0 Å². The second-order valence-corrected chi connectivity index (χ2v) is 5.28. The Balaban J connectivity index is 2.22. The second kappa shape index (κ2) is 6.06. The summed E-state index contributed by atoms with van der Waals surface area (Å²) >= 11 is 6.20. The van der Waals surface area contributed by atoms with Crippen LogP contribution in [0.5, 0.6) is 0 Å². The highest BCUT2D eigenvalue weighted by Gasteiger charge is 2.11. The smallest absolute Gasteiger partial charge is 0.280 e. The highest BCUT2D eigenvalue weighted by Crippen LogP contribution is 2.32. The molecule has 0 aliphatic heterocycles. The number of halogens is 1. The van der Waals surface area contributed by atoms with Crippen molar-refractivity contribution in [1.82, 2.24) is 4.98 Å². The fourth-order valence-electron chi connectivity index (χ4n) is 2.41. The number of amides is 1. The first-order chi connectivity index (χ1) is 11.1. The largest absolute Gasteiger partial charge is 0.370 e. The van der Waals surface area contributed by atoms with Gasteiger partial charge in [-0.05, 0) is 40.6 Å². The first kappa shape index (κ1) is 15.0. The summed E-state index contributed by atoms with van der Waals surface area (Å²) in [5.41, 5.74) is 12.6. The Morgan fingerprint density at radius 1 is 1.04 bits per heavy atom. The molecule has 5 nitrogen and oxygen atoms in total. The zero-order chi connectivity index (χ0) is 16.4. The number of pyridine rings is 1. The van der Waals surface area contributed by atoms with Gasteiger partial charge in [0.25, 0.3) is 5.91 Å². The third kappa shape index (κ3) is 3.00. The minimum Gasteiger partial charge on any atom is -0.370 e. The molecule has 1 heterocycles. The molecule has 1 aromatic heterocycles. The van der Waals surface area contributed by atoms with Crippen molar-refractivity contribution in [1.29, 1.82) is 0 Å². The van der Waals surface area contributed by atoms with Gasteiger partial charge in [0.1, 0.15) is 5.15 Å². The van der Waals surface area contributed by atoms with Crippen molar-refractivity contribution in [3.05, 3.63) is 65.4 Å². The van der Waals surface area contributed by atoms with Gasteiger partial charge in [-0.2, -0.15) is 4.99 Å². The molecule has 0 spiro atoms. The van der Waals surface area contributed by atoms with Crippen LogP contribution in [0.25, 0.3) is 21.9 Å². The molecule has 114 valence electrons. The van der Waals surface area contributed by atoms with Gasteiger partial charge in [-0.1, -0.05) is 35.9 Å². The van der Waals surface area contributed by atoms with Crippen LogP contribution in [0.4, 0.5) is 0 Å². The van der Waals surface area contributed by atoms with E-state index in [1.807, 2.05) is 36.4 Å². The number of benzene rings is 2. The van der Waals surface area contributed by atoms with Crippen LogP contribution in [0.3, 0.4) is 0 Å². The molecule has 0 aliphatic rings. The molecule has 2 aromatic carbocycles. The van der Waals surface area contributed by atoms with Crippen molar-refractivity contribution in [3.63, 3.8) is 0 Å². The molecule has 4 N–H and O–H groups in total. The van der Waals surface area contributed by atoms with E-state index in [0.717, 1.165) is 21.9 Å². The van der Waals surface area contributed by atoms with Crippen molar-refractivity contribution in [3.8, 4) is 11.1 Å². The number of aliphatic imine (C=N–C) groups is 1. The van der Waals surface area contributed by atoms with Crippen molar-refractivity contribution in [2.75, 3.05) is 0 Å². The Labute approximate surface area is 137 Å². The summed E-state index contributed by atoms with van der Waals surface area (Å²) in [5.74, 6) is -0.752. The van der Waals surface area contributed by atoms with Crippen LogP contribution in [0.1, 0.15) is 10.4 Å². The van der Waals surface area contributed by atoms with Gasteiger partial charge in [0, 0.05) is 17.3 Å². The number of hydrogen-bond acceptors (Lipinski definition) is 2. The average molecular weight is 325 g/mol. The molecule has 0 saturated heterocycles. The van der Waals surface area contributed by atoms with E-state index in [4.69, 9.17) is 23.1 Å². The Morgan fingerprint density at radius 3 is 2.57 bits per heavy atom. The molecule has 3 rings (SSSR count). The van der Waals surface area contributed by atoms with E-state index >= 15 is 0 Å². The van der Waals surface area contributed by atoms with Gasteiger partial charge in [-0.25, -0.2) is 4.98 Å². The molecule has 0 bridgehead atoms. The van der Waals surface area contributed by atoms with Crippen molar-refractivity contribution in [2.24, 2.45) is 16.5 Å². The SMILES string of the molecule is NC(N)=NC(=O)c1ccc2cccc(-c3cccnc3Cl)c2c1. The molecule has 0 saturated carbocycles. The summed E-state index contributed by atoms with van der Waals surface area (Å²) in [7, 11) is 0. The van der Waals surface area contributed by atoms with Gasteiger partial charge in [-0.3, -0.25) is 4.79 Å². The van der Waals surface area contributed by atoms with E-state index in [-0.39, 0.29) is 5.96 Å². The van der Waals surface area contributed by atoms with E-state index in [9.17, 15) is 4.79 Å². The highest BCUT2D eigenvalue weighted by atomic mass is 35.5. The maximum absolute atomic E-state index is 12.0. The first-order valence-corrected chi connectivity index (χ1v) is 7.21. The van der Waals surface area contributed by atoms with E-state index in [2.05, 4.69) is 9.98 Å². The van der Waals surface area contributed by atoms with Gasteiger partial charge < -0.3 is 11.5 Å². The maximum atomic E-state index is 12.0. The minimum absolute atomic E-state index is 0.265. The topological polar surface area (TPSA) is 94.4 Å². The fraction of sp³-hybridized carbons (Fsp3) is 0. The van der Waals surface area contributed by atoms with E-state index in [1.54, 1.807) is 18.3 Å². The molecule has 3 aromatic rings. The predicted molar refractivity (Wildman–Crippen MR) is 92.3 cm³/mol. The zero-order valence-electron chi connectivity index (χ0n) is 12.0. The Morgan fingerprint density at radius 2 is 1.83 bits per heavy atom. The normalized spacial score (nSPS) is 10.5. The molecule has 23 heavy (non-hydrogen) atoms. The zero-order valence-corrected chi connectivity index (χ0v) is 12.8. The number of hydrogen-bond donors (Lipinski definition) is 2. The lowest BCUT2D eigenvalue weighted by molar-refractivity contribution is 0.100. The van der Waals surface area contributed by atoms with Crippen LogP contribution in [0.15, 0.2) is 59.7 Å². The molecule has 0 fully saturated rings. The standard InChI is InChI=1S/C17H13ClN4O/c18-15-13(5-2-8-21-15)12-4-1-3-10-6-7-11(9-14(10)12)16(23)22-17(19)20/h1-9H,(H4,19,20,22,23). The van der Waals surface area contributed by atoms with Crippen LogP contribution >= 0.6 is 11.6 Å². The van der Waals surface area contributed by atoms with Gasteiger partial charge >= 0.3 is 0 Å². The Bertz CT molecular complexity index is 933. The first-order valence-electron chi connectivity index (χ1n) is 6.84. The van der Waals surface area contributed by atoms with Crippen LogP contribution in [-0.4, -0.2) is 16.9 Å². The molecule has 0 atom stereocenters. The second-order valence-electron chi connectivity index (χ2n) is 4.93. The lowest BCUT2D eigenvalue weighted by atomic mass is 9.97. The minimum atomic E-state index is -0.487. The highest BCUT2D eigenvalue weighted by molar-refractivity contribution is 6.32. The van der Waals surface area contributed by atoms with Gasteiger partial charge in [0.15, 0.2) is 5.96 Å². The average Bonchev–Trinajstić information content (AvgIpc) is 2.54. The van der Waals surface area contributed by atoms with Gasteiger partial charge in [-0.15, -0.1) is 0 Å². The number of aromatic nitrogens is 1. The number of nitrogens with two attached hydrogens (primary N) is 2. The molecule has 0 radical (unpaired) electrons.